The van der Waals surface area contributed by atoms with Crippen molar-refractivity contribution in [2.24, 2.45) is 5.41 Å². The van der Waals surface area contributed by atoms with Crippen molar-refractivity contribution in [3.63, 3.8) is 0 Å². The van der Waals surface area contributed by atoms with Gasteiger partial charge in [-0.05, 0) is 62.5 Å². The number of nitrogens with one attached hydrogen (secondary N) is 1. The van der Waals surface area contributed by atoms with Gasteiger partial charge in [0.1, 0.15) is 29.9 Å². The lowest BCUT2D eigenvalue weighted by Gasteiger charge is -2.40. The maximum Gasteiger partial charge on any atom is 0.249 e. The zero-order valence-electron chi connectivity index (χ0n) is 21.9. The molecule has 1 unspecified atom stereocenters. The van der Waals surface area contributed by atoms with Crippen molar-refractivity contribution in [1.29, 1.82) is 0 Å². The molecule has 216 valence electrons. The quantitative estimate of drug-likeness (QED) is 0.122. The normalized spacial score (nSPS) is 16.2. The number of likely N-dealkylation sites (tertiary alicyclic amines) is 1. The standard InChI is InChI=1S/C28H31F4N3O4S/c1-39-19-2-3-23-20(14-19)25(17(15-29)16-33-23)24(36)4-5-28(27(37)34-38)6-8-35(9-7-28)10-11-40-26-21(31)12-18(30)13-22(26)32/h2-3,12-14,16,24,36,38H,4-11,15H2,1H3,(H,34,37). The number of rotatable bonds is 11. The first-order valence-corrected chi connectivity index (χ1v) is 13.8. The second-order valence-corrected chi connectivity index (χ2v) is 11.0. The fourth-order valence-electron chi connectivity index (χ4n) is 5.28. The molecule has 40 heavy (non-hydrogen) atoms. The van der Waals surface area contributed by atoms with Gasteiger partial charge >= 0.3 is 0 Å². The average molecular weight is 582 g/mol. The smallest absolute Gasteiger partial charge is 0.249 e. The third-order valence-electron chi connectivity index (χ3n) is 7.59. The van der Waals surface area contributed by atoms with E-state index in [9.17, 15) is 32.7 Å². The molecular weight excluding hydrogens is 550 g/mol. The summed E-state index contributed by atoms with van der Waals surface area (Å²) in [5.74, 6) is -2.55. The van der Waals surface area contributed by atoms with E-state index < -0.39 is 41.6 Å². The van der Waals surface area contributed by atoms with Gasteiger partial charge in [-0.3, -0.25) is 15.0 Å². The molecule has 1 amide bonds. The van der Waals surface area contributed by atoms with Gasteiger partial charge in [-0.15, -0.1) is 11.8 Å². The molecule has 1 aromatic heterocycles. The van der Waals surface area contributed by atoms with E-state index in [0.29, 0.717) is 72.6 Å². The van der Waals surface area contributed by atoms with Crippen LogP contribution in [0.1, 0.15) is 42.9 Å². The third kappa shape index (κ3) is 6.51. The van der Waals surface area contributed by atoms with Crippen molar-refractivity contribution in [3.8, 4) is 5.75 Å². The highest BCUT2D eigenvalue weighted by molar-refractivity contribution is 7.99. The highest BCUT2D eigenvalue weighted by atomic mass is 32.2. The monoisotopic (exact) mass is 581 g/mol. The van der Waals surface area contributed by atoms with Crippen LogP contribution in [0.3, 0.4) is 0 Å². The summed E-state index contributed by atoms with van der Waals surface area (Å²) in [6.45, 7) is 0.603. The fraction of sp³-hybridized carbons (Fsp3) is 0.429. The first-order valence-electron chi connectivity index (χ1n) is 12.8. The molecule has 1 aliphatic heterocycles. The second kappa shape index (κ2) is 13.2. The number of carbonyl (C=O) groups is 1. The Bertz CT molecular complexity index is 1330. The van der Waals surface area contributed by atoms with Crippen molar-refractivity contribution in [1.82, 2.24) is 15.4 Å². The van der Waals surface area contributed by atoms with Gasteiger partial charge in [-0.2, -0.15) is 0 Å². The molecule has 0 bridgehead atoms. The number of nitrogens with zero attached hydrogens (tertiary/aromatic N) is 2. The Morgan fingerprint density at radius 3 is 2.52 bits per heavy atom. The molecule has 4 rings (SSSR count). The van der Waals surface area contributed by atoms with Crippen LogP contribution in [0.2, 0.25) is 0 Å². The van der Waals surface area contributed by atoms with Crippen LogP contribution in [0.15, 0.2) is 41.4 Å². The van der Waals surface area contributed by atoms with Crippen LogP contribution in [-0.4, -0.2) is 58.6 Å². The molecule has 3 N–H and O–H groups in total. The zero-order chi connectivity index (χ0) is 28.9. The van der Waals surface area contributed by atoms with E-state index in [-0.39, 0.29) is 23.3 Å². The lowest BCUT2D eigenvalue weighted by Crippen LogP contribution is -2.48. The number of amides is 1. The Balaban J connectivity index is 1.42. The first-order chi connectivity index (χ1) is 19.2. The number of hydrogen-bond donors (Lipinski definition) is 3. The average Bonchev–Trinajstić information content (AvgIpc) is 2.96. The van der Waals surface area contributed by atoms with Crippen molar-refractivity contribution in [2.75, 3.05) is 32.5 Å². The molecule has 0 saturated carbocycles. The van der Waals surface area contributed by atoms with Gasteiger partial charge < -0.3 is 14.7 Å². The van der Waals surface area contributed by atoms with Gasteiger partial charge in [0.15, 0.2) is 0 Å². The lowest BCUT2D eigenvalue weighted by molar-refractivity contribution is -0.143. The van der Waals surface area contributed by atoms with E-state index in [1.807, 2.05) is 4.90 Å². The molecule has 1 aliphatic rings. The summed E-state index contributed by atoms with van der Waals surface area (Å²) >= 11 is 0.950. The summed E-state index contributed by atoms with van der Waals surface area (Å²) in [5, 5.41) is 21.2. The van der Waals surface area contributed by atoms with E-state index in [1.165, 1.54) is 13.3 Å². The Labute approximate surface area is 233 Å². The number of halogens is 4. The Morgan fingerprint density at radius 2 is 1.90 bits per heavy atom. The van der Waals surface area contributed by atoms with Crippen LogP contribution in [0.4, 0.5) is 17.6 Å². The SMILES string of the molecule is COc1ccc2ncc(CF)c(C(O)CCC3(C(=O)NO)CCN(CCSc4c(F)cc(F)cc4F)CC3)c2c1. The summed E-state index contributed by atoms with van der Waals surface area (Å²) in [5.41, 5.74) is 2.00. The van der Waals surface area contributed by atoms with Crippen LogP contribution < -0.4 is 10.2 Å². The number of methoxy groups -OCH3 is 1. The number of thioether (sulfide) groups is 1. The molecule has 0 aliphatic carbocycles. The number of pyridine rings is 1. The predicted octanol–water partition coefficient (Wildman–Crippen LogP) is 5.32. The van der Waals surface area contributed by atoms with E-state index in [2.05, 4.69) is 4.98 Å². The number of piperidine rings is 1. The van der Waals surface area contributed by atoms with Crippen LogP contribution >= 0.6 is 11.8 Å². The molecule has 12 heteroatoms. The minimum atomic E-state index is -1.10. The van der Waals surface area contributed by atoms with Crippen LogP contribution in [-0.2, 0) is 11.5 Å². The number of fused-ring (bicyclic) bond motifs is 1. The second-order valence-electron chi connectivity index (χ2n) is 9.88. The Kier molecular flexibility index (Phi) is 9.88. The Morgan fingerprint density at radius 1 is 1.20 bits per heavy atom. The lowest BCUT2D eigenvalue weighted by atomic mass is 9.73. The molecule has 1 saturated heterocycles. The van der Waals surface area contributed by atoms with E-state index >= 15 is 0 Å². The molecule has 0 spiro atoms. The van der Waals surface area contributed by atoms with E-state index in [4.69, 9.17) is 4.74 Å². The molecule has 2 heterocycles. The Hall–Kier alpha value is -2.93. The van der Waals surface area contributed by atoms with Crippen LogP contribution in [0.5, 0.6) is 5.75 Å². The summed E-state index contributed by atoms with van der Waals surface area (Å²) in [6, 6.07) is 6.42. The maximum atomic E-state index is 13.9. The fourth-order valence-corrected chi connectivity index (χ4v) is 6.22. The van der Waals surface area contributed by atoms with Crippen molar-refractivity contribution < 1.29 is 37.4 Å². The highest BCUT2D eigenvalue weighted by Crippen LogP contribution is 2.40. The third-order valence-corrected chi connectivity index (χ3v) is 8.65. The number of carbonyl (C=O) groups excluding carboxylic acids is 1. The number of ether oxygens (including phenoxy) is 1. The zero-order valence-corrected chi connectivity index (χ0v) is 22.7. The minimum absolute atomic E-state index is 0.135. The first kappa shape index (κ1) is 30.0. The number of hydrogen-bond acceptors (Lipinski definition) is 7. The molecule has 1 atom stereocenters. The largest absolute Gasteiger partial charge is 0.497 e. The van der Waals surface area contributed by atoms with E-state index in [1.54, 1.807) is 23.7 Å². The van der Waals surface area contributed by atoms with Gasteiger partial charge in [0.25, 0.3) is 0 Å². The topological polar surface area (TPSA) is 94.9 Å². The van der Waals surface area contributed by atoms with Crippen molar-refractivity contribution >= 4 is 28.6 Å². The minimum Gasteiger partial charge on any atom is -0.497 e. The number of benzene rings is 2. The van der Waals surface area contributed by atoms with Crippen molar-refractivity contribution in [2.45, 2.75) is 43.4 Å². The number of alkyl halides is 1. The number of aliphatic hydroxyl groups excluding tert-OH is 1. The van der Waals surface area contributed by atoms with Gasteiger partial charge in [-0.1, -0.05) is 0 Å². The number of aliphatic hydroxyl groups is 1. The van der Waals surface area contributed by atoms with Crippen LogP contribution in [0.25, 0.3) is 10.9 Å². The highest BCUT2D eigenvalue weighted by Gasteiger charge is 2.41. The van der Waals surface area contributed by atoms with Crippen LogP contribution in [0, 0.1) is 22.9 Å². The van der Waals surface area contributed by atoms with Gasteiger partial charge in [0, 0.05) is 41.6 Å². The predicted molar refractivity (Wildman–Crippen MR) is 142 cm³/mol. The summed E-state index contributed by atoms with van der Waals surface area (Å²) in [7, 11) is 1.51. The van der Waals surface area contributed by atoms with Gasteiger partial charge in [0.05, 0.1) is 29.0 Å². The maximum absolute atomic E-state index is 13.9. The van der Waals surface area contributed by atoms with Gasteiger partial charge in [-0.25, -0.2) is 23.0 Å². The summed E-state index contributed by atoms with van der Waals surface area (Å²) in [6.07, 6.45) is 1.41. The number of aromatic nitrogens is 1. The van der Waals surface area contributed by atoms with Gasteiger partial charge in [0.2, 0.25) is 5.91 Å². The molecule has 1 fully saturated rings. The number of hydroxylamine groups is 1. The summed E-state index contributed by atoms with van der Waals surface area (Å²) in [4.78, 5) is 18.9. The van der Waals surface area contributed by atoms with Crippen molar-refractivity contribution in [3.05, 3.63) is 65.1 Å². The molecule has 3 aromatic rings. The molecule has 2 aromatic carbocycles. The molecule has 0 radical (unpaired) electrons. The van der Waals surface area contributed by atoms with E-state index in [0.717, 1.165) is 11.8 Å². The molecule has 7 nitrogen and oxygen atoms in total. The molecular formula is C28H31F4N3O4S. The summed E-state index contributed by atoms with van der Waals surface area (Å²) < 4.78 is 60.1.